The molecular weight excluding hydrogens is 381 g/mol. The summed E-state index contributed by atoms with van der Waals surface area (Å²) in [7, 11) is 1.92. The lowest BCUT2D eigenvalue weighted by molar-refractivity contribution is 0.587. The molecular formula is C13H12Br2FNS. The van der Waals surface area contributed by atoms with Crippen molar-refractivity contribution < 1.29 is 4.39 Å². The van der Waals surface area contributed by atoms with Crippen molar-refractivity contribution in [2.45, 2.75) is 12.5 Å². The number of rotatable bonds is 4. The topological polar surface area (TPSA) is 12.0 Å². The first kappa shape index (κ1) is 14.2. The van der Waals surface area contributed by atoms with Crippen LogP contribution in [0, 0.1) is 5.82 Å². The molecule has 0 aliphatic rings. The fraction of sp³-hybridized carbons (Fsp3) is 0.231. The molecule has 0 radical (unpaired) electrons. The summed E-state index contributed by atoms with van der Waals surface area (Å²) in [5.41, 5.74) is 0.971. The summed E-state index contributed by atoms with van der Waals surface area (Å²) < 4.78 is 15.1. The highest BCUT2D eigenvalue weighted by Crippen LogP contribution is 2.30. The fourth-order valence-electron chi connectivity index (χ4n) is 1.78. The Bertz CT molecular complexity index is 542. The van der Waals surface area contributed by atoms with Gasteiger partial charge in [-0.1, -0.05) is 12.1 Å². The van der Waals surface area contributed by atoms with Crippen molar-refractivity contribution in [1.29, 1.82) is 0 Å². The van der Waals surface area contributed by atoms with Gasteiger partial charge in [-0.25, -0.2) is 4.39 Å². The van der Waals surface area contributed by atoms with Crippen LogP contribution in [0.4, 0.5) is 4.39 Å². The summed E-state index contributed by atoms with van der Waals surface area (Å²) in [6.07, 6.45) is 0.752. The van der Waals surface area contributed by atoms with Gasteiger partial charge in [0.2, 0.25) is 0 Å². The van der Waals surface area contributed by atoms with Gasteiger partial charge in [-0.15, -0.1) is 11.3 Å². The zero-order chi connectivity index (χ0) is 13.1. The second kappa shape index (κ2) is 6.28. The largest absolute Gasteiger partial charge is 0.312 e. The smallest absolute Gasteiger partial charge is 0.137 e. The molecule has 18 heavy (non-hydrogen) atoms. The van der Waals surface area contributed by atoms with Crippen LogP contribution in [-0.2, 0) is 6.42 Å². The van der Waals surface area contributed by atoms with E-state index in [0.29, 0.717) is 4.47 Å². The van der Waals surface area contributed by atoms with Crippen LogP contribution in [0.2, 0.25) is 0 Å². The second-order valence-electron chi connectivity index (χ2n) is 3.93. The third-order valence-electron chi connectivity index (χ3n) is 2.74. The summed E-state index contributed by atoms with van der Waals surface area (Å²) in [5.74, 6) is -0.213. The van der Waals surface area contributed by atoms with E-state index in [1.807, 2.05) is 13.1 Å². The molecule has 1 heterocycles. The molecule has 0 saturated heterocycles. The minimum Gasteiger partial charge on any atom is -0.312 e. The first-order valence-corrected chi connectivity index (χ1v) is 7.92. The molecule has 1 aromatic heterocycles. The van der Waals surface area contributed by atoms with E-state index in [0.717, 1.165) is 16.5 Å². The molecule has 1 nitrogen and oxygen atoms in total. The lowest BCUT2D eigenvalue weighted by atomic mass is 10.0. The standard InChI is InChI=1S/C13H12Br2FNS/c1-17-11(12-6-9(14)7-18-12)5-8-3-2-4-10(16)13(8)15/h2-4,6-7,11,17H,5H2,1H3. The Balaban J connectivity index is 2.23. The van der Waals surface area contributed by atoms with Gasteiger partial charge in [-0.05, 0) is 63.0 Å². The van der Waals surface area contributed by atoms with E-state index in [1.165, 1.54) is 10.9 Å². The summed E-state index contributed by atoms with van der Waals surface area (Å²) >= 11 is 8.45. The summed E-state index contributed by atoms with van der Waals surface area (Å²) in [5, 5.41) is 5.33. The summed E-state index contributed by atoms with van der Waals surface area (Å²) in [6, 6.07) is 7.44. The van der Waals surface area contributed by atoms with Crippen molar-refractivity contribution in [2.24, 2.45) is 0 Å². The third-order valence-corrected chi connectivity index (χ3v) is 5.43. The van der Waals surface area contributed by atoms with Gasteiger partial charge >= 0.3 is 0 Å². The predicted molar refractivity (Wildman–Crippen MR) is 81.6 cm³/mol. The SMILES string of the molecule is CNC(Cc1cccc(F)c1Br)c1cc(Br)cs1. The van der Waals surface area contributed by atoms with Crippen LogP contribution in [0.25, 0.3) is 0 Å². The molecule has 0 aliphatic carbocycles. The van der Waals surface area contributed by atoms with Gasteiger partial charge in [0.25, 0.3) is 0 Å². The predicted octanol–water partition coefficient (Wildman–Crippen LogP) is 4.92. The van der Waals surface area contributed by atoms with E-state index in [9.17, 15) is 4.39 Å². The molecule has 96 valence electrons. The Morgan fingerprint density at radius 3 is 2.78 bits per heavy atom. The molecule has 1 unspecified atom stereocenters. The first-order valence-electron chi connectivity index (χ1n) is 5.46. The Labute approximate surface area is 127 Å². The number of hydrogen-bond acceptors (Lipinski definition) is 2. The van der Waals surface area contributed by atoms with Gasteiger partial charge < -0.3 is 5.32 Å². The Morgan fingerprint density at radius 2 is 2.17 bits per heavy atom. The van der Waals surface area contributed by atoms with Crippen LogP contribution in [0.15, 0.2) is 38.6 Å². The van der Waals surface area contributed by atoms with E-state index in [4.69, 9.17) is 0 Å². The highest BCUT2D eigenvalue weighted by Gasteiger charge is 2.15. The third kappa shape index (κ3) is 3.20. The van der Waals surface area contributed by atoms with Crippen molar-refractivity contribution in [3.63, 3.8) is 0 Å². The molecule has 2 aromatic rings. The molecule has 0 amide bonds. The number of nitrogens with one attached hydrogen (secondary N) is 1. The van der Waals surface area contributed by atoms with Crippen LogP contribution in [0.1, 0.15) is 16.5 Å². The van der Waals surface area contributed by atoms with Crippen LogP contribution in [-0.4, -0.2) is 7.05 Å². The Hall–Kier alpha value is -0.230. The fourth-order valence-corrected chi connectivity index (χ4v) is 3.76. The Kier molecular flexibility index (Phi) is 4.95. The van der Waals surface area contributed by atoms with Gasteiger partial charge in [0.15, 0.2) is 0 Å². The summed E-state index contributed by atoms with van der Waals surface area (Å²) in [6.45, 7) is 0. The second-order valence-corrected chi connectivity index (χ2v) is 6.58. The van der Waals surface area contributed by atoms with Crippen LogP contribution in [0.5, 0.6) is 0 Å². The molecule has 1 N–H and O–H groups in total. The number of benzene rings is 1. The first-order chi connectivity index (χ1) is 8.61. The molecule has 0 bridgehead atoms. The zero-order valence-corrected chi connectivity index (χ0v) is 13.7. The molecule has 0 aliphatic heterocycles. The van der Waals surface area contributed by atoms with Crippen molar-refractivity contribution in [3.8, 4) is 0 Å². The molecule has 0 fully saturated rings. The molecule has 1 aromatic carbocycles. The number of halogens is 3. The van der Waals surface area contributed by atoms with Crippen molar-refractivity contribution in [2.75, 3.05) is 7.05 Å². The molecule has 1 atom stereocenters. The van der Waals surface area contributed by atoms with Crippen LogP contribution >= 0.6 is 43.2 Å². The molecule has 0 spiro atoms. The minimum atomic E-state index is -0.213. The monoisotopic (exact) mass is 391 g/mol. The number of hydrogen-bond donors (Lipinski definition) is 1. The molecule has 2 rings (SSSR count). The lowest BCUT2D eigenvalue weighted by Gasteiger charge is -2.15. The van der Waals surface area contributed by atoms with E-state index in [2.05, 4.69) is 48.6 Å². The van der Waals surface area contributed by atoms with Gasteiger partial charge in [-0.3, -0.25) is 0 Å². The van der Waals surface area contributed by atoms with Crippen LogP contribution in [0.3, 0.4) is 0 Å². The van der Waals surface area contributed by atoms with Crippen molar-refractivity contribution in [3.05, 3.63) is 54.8 Å². The maximum atomic E-state index is 13.5. The zero-order valence-electron chi connectivity index (χ0n) is 9.71. The maximum Gasteiger partial charge on any atom is 0.137 e. The lowest BCUT2D eigenvalue weighted by Crippen LogP contribution is -2.18. The van der Waals surface area contributed by atoms with Gasteiger partial charge in [0, 0.05) is 20.8 Å². The normalized spacial score (nSPS) is 12.7. The number of likely N-dealkylation sites (N-methyl/N-ethyl adjacent to an activating group) is 1. The van der Waals surface area contributed by atoms with Gasteiger partial charge in [0.1, 0.15) is 5.82 Å². The average Bonchev–Trinajstić information content (AvgIpc) is 2.78. The van der Waals surface area contributed by atoms with Crippen molar-refractivity contribution in [1.82, 2.24) is 5.32 Å². The van der Waals surface area contributed by atoms with E-state index in [1.54, 1.807) is 17.4 Å². The van der Waals surface area contributed by atoms with E-state index in [-0.39, 0.29) is 11.9 Å². The van der Waals surface area contributed by atoms with Gasteiger partial charge in [0.05, 0.1) is 4.47 Å². The highest BCUT2D eigenvalue weighted by molar-refractivity contribution is 9.10. The average molecular weight is 393 g/mol. The van der Waals surface area contributed by atoms with Gasteiger partial charge in [-0.2, -0.15) is 0 Å². The quantitative estimate of drug-likeness (QED) is 0.778. The summed E-state index contributed by atoms with van der Waals surface area (Å²) in [4.78, 5) is 1.24. The van der Waals surface area contributed by atoms with Crippen molar-refractivity contribution >= 4 is 43.2 Å². The van der Waals surface area contributed by atoms with Crippen LogP contribution < -0.4 is 5.32 Å². The highest BCUT2D eigenvalue weighted by atomic mass is 79.9. The minimum absolute atomic E-state index is 0.194. The maximum absolute atomic E-state index is 13.5. The molecule has 0 saturated carbocycles. The molecule has 5 heteroatoms. The Morgan fingerprint density at radius 1 is 1.39 bits per heavy atom. The number of thiophene rings is 1. The van der Waals surface area contributed by atoms with E-state index >= 15 is 0 Å². The van der Waals surface area contributed by atoms with E-state index < -0.39 is 0 Å².